The van der Waals surface area contributed by atoms with Crippen molar-refractivity contribution in [3.63, 3.8) is 0 Å². The van der Waals surface area contributed by atoms with Gasteiger partial charge in [0.05, 0.1) is 5.54 Å². The van der Waals surface area contributed by atoms with Gasteiger partial charge in [0.15, 0.2) is 0 Å². The third kappa shape index (κ3) is 1.78. The highest BCUT2D eigenvalue weighted by Gasteiger charge is 2.62. The Kier molecular flexibility index (Phi) is 3.19. The van der Waals surface area contributed by atoms with E-state index in [-0.39, 0.29) is 11.4 Å². The van der Waals surface area contributed by atoms with Crippen LogP contribution in [0.25, 0.3) is 0 Å². The maximum Gasteiger partial charge on any atom is 0.217 e. The molecule has 0 aromatic rings. The molecule has 4 aliphatic carbocycles. The first kappa shape index (κ1) is 12.9. The lowest BCUT2D eigenvalue weighted by atomic mass is 9.52. The van der Waals surface area contributed by atoms with Crippen LogP contribution in [0.3, 0.4) is 0 Å². The predicted octanol–water partition coefficient (Wildman–Crippen LogP) is 3.21. The molecule has 7 atom stereocenters. The summed E-state index contributed by atoms with van der Waals surface area (Å²) in [5.74, 6) is 2.11. The standard InChI is InChI=1S/C12H16Br3NO/c1-5(17)16-12-3-6-2-7(11(12)15)10(14)8(4-12)9(6)13/h6-11H,2-4H2,1H3,(H,16,17). The van der Waals surface area contributed by atoms with Crippen molar-refractivity contribution in [3.05, 3.63) is 0 Å². The molecule has 4 rings (SSSR count). The Morgan fingerprint density at radius 3 is 2.53 bits per heavy atom. The van der Waals surface area contributed by atoms with E-state index in [1.165, 1.54) is 6.42 Å². The number of carbonyl (C=O) groups excluding carboxylic acids is 1. The highest BCUT2D eigenvalue weighted by atomic mass is 79.9. The molecule has 4 aliphatic rings. The molecule has 96 valence electrons. The second-order valence-electron chi connectivity index (χ2n) is 5.86. The molecule has 0 aliphatic heterocycles. The highest BCUT2D eigenvalue weighted by Crippen LogP contribution is 2.61. The second-order valence-corrected chi connectivity index (χ2v) is 8.96. The van der Waals surface area contributed by atoms with E-state index >= 15 is 0 Å². The molecule has 4 saturated carbocycles. The Bertz CT molecular complexity index is 362. The Balaban J connectivity index is 1.95. The zero-order valence-electron chi connectivity index (χ0n) is 9.63. The number of amides is 1. The van der Waals surface area contributed by atoms with Gasteiger partial charge in [-0.2, -0.15) is 0 Å². The normalized spacial score (nSPS) is 56.0. The van der Waals surface area contributed by atoms with E-state index in [1.54, 1.807) is 6.92 Å². The third-order valence-corrected chi connectivity index (χ3v) is 9.15. The molecule has 2 nitrogen and oxygen atoms in total. The molecule has 0 saturated heterocycles. The molecule has 4 fully saturated rings. The fraction of sp³-hybridized carbons (Fsp3) is 0.917. The number of rotatable bonds is 1. The predicted molar refractivity (Wildman–Crippen MR) is 79.0 cm³/mol. The van der Waals surface area contributed by atoms with Crippen molar-refractivity contribution < 1.29 is 4.79 Å². The Hall–Kier alpha value is 0.910. The minimum Gasteiger partial charge on any atom is -0.350 e. The third-order valence-electron chi connectivity index (χ3n) is 4.81. The first-order valence-corrected chi connectivity index (χ1v) is 8.90. The number of carbonyl (C=O) groups is 1. The van der Waals surface area contributed by atoms with Crippen LogP contribution >= 0.6 is 47.8 Å². The Morgan fingerprint density at radius 1 is 1.18 bits per heavy atom. The smallest absolute Gasteiger partial charge is 0.217 e. The summed E-state index contributed by atoms with van der Waals surface area (Å²) < 4.78 is 0. The minimum atomic E-state index is -0.00137. The largest absolute Gasteiger partial charge is 0.350 e. The molecule has 1 amide bonds. The van der Waals surface area contributed by atoms with Gasteiger partial charge in [0, 0.05) is 21.4 Å². The van der Waals surface area contributed by atoms with Gasteiger partial charge < -0.3 is 5.32 Å². The molecule has 0 aromatic carbocycles. The zero-order valence-corrected chi connectivity index (χ0v) is 14.4. The van der Waals surface area contributed by atoms with Gasteiger partial charge in [0.2, 0.25) is 5.91 Å². The monoisotopic (exact) mass is 427 g/mol. The molecule has 4 bridgehead atoms. The van der Waals surface area contributed by atoms with Crippen LogP contribution in [0.5, 0.6) is 0 Å². The fourth-order valence-electron chi connectivity index (χ4n) is 4.28. The average molecular weight is 430 g/mol. The van der Waals surface area contributed by atoms with Crippen molar-refractivity contribution >= 4 is 53.7 Å². The van der Waals surface area contributed by atoms with Crippen LogP contribution in [0.2, 0.25) is 0 Å². The number of alkyl halides is 3. The number of nitrogens with one attached hydrogen (secondary N) is 1. The number of halogens is 3. The van der Waals surface area contributed by atoms with Gasteiger partial charge >= 0.3 is 0 Å². The van der Waals surface area contributed by atoms with Crippen LogP contribution < -0.4 is 5.32 Å². The van der Waals surface area contributed by atoms with Crippen LogP contribution in [-0.4, -0.2) is 25.9 Å². The van der Waals surface area contributed by atoms with Gasteiger partial charge in [-0.1, -0.05) is 47.8 Å². The summed E-state index contributed by atoms with van der Waals surface area (Å²) in [4.78, 5) is 13.1. The topological polar surface area (TPSA) is 29.1 Å². The average Bonchev–Trinajstić information content (AvgIpc) is 2.23. The van der Waals surface area contributed by atoms with Crippen LogP contribution in [0.1, 0.15) is 26.2 Å². The van der Waals surface area contributed by atoms with Crippen LogP contribution in [0.4, 0.5) is 0 Å². The Morgan fingerprint density at radius 2 is 1.88 bits per heavy atom. The molecule has 7 unspecified atom stereocenters. The summed E-state index contributed by atoms with van der Waals surface area (Å²) in [5, 5.41) is 3.25. The van der Waals surface area contributed by atoms with Crippen molar-refractivity contribution in [1.82, 2.24) is 5.32 Å². The summed E-state index contributed by atoms with van der Waals surface area (Å²) >= 11 is 11.6. The first-order valence-electron chi connectivity index (χ1n) is 6.15. The molecule has 0 heterocycles. The van der Waals surface area contributed by atoms with Crippen molar-refractivity contribution in [2.24, 2.45) is 17.8 Å². The molecule has 17 heavy (non-hydrogen) atoms. The van der Waals surface area contributed by atoms with Crippen molar-refractivity contribution in [2.75, 3.05) is 0 Å². The van der Waals surface area contributed by atoms with Crippen LogP contribution in [0, 0.1) is 17.8 Å². The van der Waals surface area contributed by atoms with E-state index in [0.29, 0.717) is 32.2 Å². The van der Waals surface area contributed by atoms with Gasteiger partial charge in [-0.3, -0.25) is 4.79 Å². The molecule has 5 heteroatoms. The van der Waals surface area contributed by atoms with Gasteiger partial charge in [-0.05, 0) is 37.0 Å². The van der Waals surface area contributed by atoms with E-state index in [0.717, 1.165) is 12.8 Å². The number of hydrogen-bond acceptors (Lipinski definition) is 1. The molecular formula is C12H16Br3NO. The van der Waals surface area contributed by atoms with E-state index in [4.69, 9.17) is 0 Å². The molecule has 0 spiro atoms. The van der Waals surface area contributed by atoms with E-state index in [9.17, 15) is 4.79 Å². The molecule has 0 radical (unpaired) electrons. The lowest BCUT2D eigenvalue weighted by Gasteiger charge is -2.63. The minimum absolute atomic E-state index is 0.00137. The van der Waals surface area contributed by atoms with Crippen molar-refractivity contribution in [1.29, 1.82) is 0 Å². The highest BCUT2D eigenvalue weighted by molar-refractivity contribution is 9.10. The van der Waals surface area contributed by atoms with E-state index in [1.807, 2.05) is 0 Å². The summed E-state index contributed by atoms with van der Waals surface area (Å²) in [6.07, 6.45) is 3.46. The van der Waals surface area contributed by atoms with Gasteiger partial charge in [0.25, 0.3) is 0 Å². The van der Waals surface area contributed by atoms with Crippen LogP contribution in [-0.2, 0) is 4.79 Å². The first-order chi connectivity index (χ1) is 7.94. The molecular weight excluding hydrogens is 414 g/mol. The lowest BCUT2D eigenvalue weighted by molar-refractivity contribution is -0.123. The maximum absolute atomic E-state index is 11.5. The van der Waals surface area contributed by atoms with Crippen molar-refractivity contribution in [3.8, 4) is 0 Å². The SMILES string of the molecule is CC(=O)NC12CC3CC(C(Br)C(C1)C3Br)C2Br. The summed E-state index contributed by atoms with van der Waals surface area (Å²) in [5.41, 5.74) is -0.00137. The second kappa shape index (κ2) is 4.20. The Labute approximate surface area is 127 Å². The number of hydrogen-bond donors (Lipinski definition) is 1. The summed E-state index contributed by atoms with van der Waals surface area (Å²) in [6, 6.07) is 0. The quantitative estimate of drug-likeness (QED) is 0.637. The summed E-state index contributed by atoms with van der Waals surface area (Å²) in [6.45, 7) is 1.63. The zero-order chi connectivity index (χ0) is 12.4. The van der Waals surface area contributed by atoms with Gasteiger partial charge in [0.1, 0.15) is 0 Å². The van der Waals surface area contributed by atoms with Gasteiger partial charge in [-0.25, -0.2) is 0 Å². The van der Waals surface area contributed by atoms with E-state index in [2.05, 4.69) is 53.1 Å². The fourth-order valence-corrected chi connectivity index (χ4v) is 8.09. The lowest BCUT2D eigenvalue weighted by Crippen LogP contribution is -2.71. The van der Waals surface area contributed by atoms with Gasteiger partial charge in [-0.15, -0.1) is 0 Å². The summed E-state index contributed by atoms with van der Waals surface area (Å²) in [7, 11) is 0. The van der Waals surface area contributed by atoms with Crippen LogP contribution in [0.15, 0.2) is 0 Å². The van der Waals surface area contributed by atoms with Crippen molar-refractivity contribution in [2.45, 2.75) is 46.2 Å². The van der Waals surface area contributed by atoms with E-state index < -0.39 is 0 Å². The molecule has 0 aromatic heterocycles. The maximum atomic E-state index is 11.5. The molecule has 1 N–H and O–H groups in total.